The van der Waals surface area contributed by atoms with Gasteiger partial charge in [-0.25, -0.2) is 0 Å². The molecule has 0 saturated heterocycles. The summed E-state index contributed by atoms with van der Waals surface area (Å²) >= 11 is 0. The Hall–Kier alpha value is -3.15. The minimum atomic E-state index is -1.19. The summed E-state index contributed by atoms with van der Waals surface area (Å²) in [7, 11) is 1.35. The van der Waals surface area contributed by atoms with E-state index in [2.05, 4.69) is 10.6 Å². The lowest BCUT2D eigenvalue weighted by Gasteiger charge is -2.14. The van der Waals surface area contributed by atoms with Crippen LogP contribution in [-0.4, -0.2) is 35.0 Å². The van der Waals surface area contributed by atoms with Crippen molar-refractivity contribution in [2.45, 2.75) is 27.7 Å². The molecule has 0 spiro atoms. The Morgan fingerprint density at radius 1 is 0.889 bits per heavy atom. The highest BCUT2D eigenvalue weighted by Crippen LogP contribution is 2.19. The maximum Gasteiger partial charge on any atom is 0.247 e. The maximum absolute atomic E-state index is 12.7. The number of hydrogen-bond acceptors (Lipinski definition) is 3. The van der Waals surface area contributed by atoms with Gasteiger partial charge in [0.2, 0.25) is 18.0 Å². The summed E-state index contributed by atoms with van der Waals surface area (Å²) in [6.45, 7) is 7.70. The van der Waals surface area contributed by atoms with Gasteiger partial charge < -0.3 is 10.6 Å². The van der Waals surface area contributed by atoms with Crippen molar-refractivity contribution in [2.75, 3.05) is 17.7 Å². The number of nitrogens with one attached hydrogen (secondary N) is 2. The van der Waals surface area contributed by atoms with E-state index in [0.717, 1.165) is 28.5 Å². The van der Waals surface area contributed by atoms with Gasteiger partial charge in [-0.15, -0.1) is 0 Å². The van der Waals surface area contributed by atoms with Gasteiger partial charge in [-0.3, -0.25) is 14.8 Å². The average Bonchev–Trinajstić information content (AvgIpc) is 2.57. The summed E-state index contributed by atoms with van der Waals surface area (Å²) in [6.07, 6.45) is 1.16. The Labute approximate surface area is 159 Å². The van der Waals surface area contributed by atoms with E-state index in [0.29, 0.717) is 16.1 Å². The van der Waals surface area contributed by atoms with Gasteiger partial charge in [0, 0.05) is 11.4 Å². The number of hydroxylamine groups is 1. The molecule has 2 amide bonds. The zero-order valence-electron chi connectivity index (χ0n) is 16.3. The summed E-state index contributed by atoms with van der Waals surface area (Å²) in [5.74, 6) is -2.24. The summed E-state index contributed by atoms with van der Waals surface area (Å²) in [5, 5.41) is 15.1. The molecule has 2 aromatic rings. The smallest absolute Gasteiger partial charge is 0.247 e. The number of nitrogens with zero attached hydrogens (tertiary/aromatic N) is 1. The zero-order valence-corrected chi connectivity index (χ0v) is 16.3. The Balaban J connectivity index is 2.24. The lowest BCUT2D eigenvalue weighted by atomic mass is 10.1. The van der Waals surface area contributed by atoms with Crippen molar-refractivity contribution < 1.29 is 19.5 Å². The number of carbonyl (C=O) groups excluding carboxylic acids is 2. The van der Waals surface area contributed by atoms with Crippen molar-refractivity contribution in [3.63, 3.8) is 0 Å². The lowest BCUT2D eigenvalue weighted by Crippen LogP contribution is -2.37. The molecule has 0 aliphatic heterocycles. The monoisotopic (exact) mass is 368 g/mol. The van der Waals surface area contributed by atoms with Crippen molar-refractivity contribution >= 4 is 29.4 Å². The Bertz CT molecular complexity index is 834. The van der Waals surface area contributed by atoms with Gasteiger partial charge in [-0.05, 0) is 55.7 Å². The number of amides is 2. The second-order valence-corrected chi connectivity index (χ2v) is 6.82. The zero-order chi connectivity index (χ0) is 20.1. The van der Waals surface area contributed by atoms with Crippen LogP contribution in [0.25, 0.3) is 0 Å². The molecule has 6 nitrogen and oxygen atoms in total. The largest absolute Gasteiger partial charge is 0.325 e. The molecule has 0 unspecified atom stereocenters. The second-order valence-electron chi connectivity index (χ2n) is 6.82. The molecule has 3 N–H and O–H groups in total. The Kier molecular flexibility index (Phi) is 6.34. The molecule has 0 fully saturated rings. The minimum Gasteiger partial charge on any atom is -0.325 e. The fraction of sp³-hybridized carbons (Fsp3) is 0.286. The number of rotatable bonds is 5. The summed E-state index contributed by atoms with van der Waals surface area (Å²) in [6, 6.07) is 11.3. The van der Waals surface area contributed by atoms with Gasteiger partial charge in [0.1, 0.15) is 0 Å². The van der Waals surface area contributed by atoms with Crippen molar-refractivity contribution in [3.8, 4) is 0 Å². The van der Waals surface area contributed by atoms with Crippen molar-refractivity contribution in [1.29, 1.82) is 0 Å². The van der Waals surface area contributed by atoms with Gasteiger partial charge in [-0.1, -0.05) is 35.4 Å². The molecule has 0 radical (unpaired) electrons. The predicted octanol–water partition coefficient (Wildman–Crippen LogP) is 3.22. The third kappa shape index (κ3) is 5.41. The van der Waals surface area contributed by atoms with Gasteiger partial charge in [0.25, 0.3) is 0 Å². The van der Waals surface area contributed by atoms with Gasteiger partial charge >= 0.3 is 0 Å². The lowest BCUT2D eigenvalue weighted by molar-refractivity contribution is -0.752. The number of aryl methyl sites for hydroxylation is 4. The minimum absolute atomic E-state index is 0.523. The first kappa shape index (κ1) is 20.2. The molecule has 0 aliphatic rings. The third-order valence-corrected chi connectivity index (χ3v) is 4.21. The fourth-order valence-electron chi connectivity index (χ4n) is 2.80. The van der Waals surface area contributed by atoms with Crippen molar-refractivity contribution in [2.24, 2.45) is 5.92 Å². The van der Waals surface area contributed by atoms with Crippen molar-refractivity contribution in [3.05, 3.63) is 58.7 Å². The molecule has 0 saturated carbocycles. The average molecular weight is 368 g/mol. The molecule has 0 aliphatic carbocycles. The first-order chi connectivity index (χ1) is 12.7. The third-order valence-electron chi connectivity index (χ3n) is 4.21. The fourth-order valence-corrected chi connectivity index (χ4v) is 2.80. The van der Waals surface area contributed by atoms with Crippen LogP contribution in [0.15, 0.2) is 36.4 Å². The van der Waals surface area contributed by atoms with Gasteiger partial charge in [0.05, 0.1) is 0 Å². The molecule has 142 valence electrons. The molecule has 27 heavy (non-hydrogen) atoms. The molecule has 2 rings (SSSR count). The van der Waals surface area contributed by atoms with E-state index in [-0.39, 0.29) is 0 Å². The number of hydrogen-bond donors (Lipinski definition) is 3. The van der Waals surface area contributed by atoms with E-state index >= 15 is 0 Å². The molecular weight excluding hydrogens is 342 g/mol. The van der Waals surface area contributed by atoms with Crippen LogP contribution in [0.4, 0.5) is 11.4 Å². The summed E-state index contributed by atoms with van der Waals surface area (Å²) in [5.41, 5.74) is 5.21. The number of carbonyl (C=O) groups is 2. The standard InChI is InChI=1S/C21H25N3O3/c1-13-6-8-18(15(3)10-13)22-20(25)17(12-24(5)27)21(26)23-19-9-7-14(2)11-16(19)4/h6-12,17H,1-5H3,(H2-,22,23,25,26,27)/p+1. The van der Waals surface area contributed by atoms with E-state index in [9.17, 15) is 14.8 Å². The number of anilines is 2. The van der Waals surface area contributed by atoms with Crippen LogP contribution in [0.5, 0.6) is 0 Å². The van der Waals surface area contributed by atoms with E-state index in [1.807, 2.05) is 52.0 Å². The van der Waals surface area contributed by atoms with E-state index < -0.39 is 17.7 Å². The van der Waals surface area contributed by atoms with Crippen LogP contribution < -0.4 is 10.6 Å². The maximum atomic E-state index is 12.7. The van der Waals surface area contributed by atoms with Gasteiger partial charge in [-0.2, -0.15) is 0 Å². The summed E-state index contributed by atoms with van der Waals surface area (Å²) < 4.78 is 0.716. The highest BCUT2D eigenvalue weighted by molar-refractivity contribution is 6.19. The molecule has 0 aromatic heterocycles. The highest BCUT2D eigenvalue weighted by Gasteiger charge is 2.30. The first-order valence-electron chi connectivity index (χ1n) is 8.70. The Morgan fingerprint density at radius 3 is 1.63 bits per heavy atom. The molecule has 2 aromatic carbocycles. The predicted molar refractivity (Wildman–Crippen MR) is 107 cm³/mol. The van der Waals surface area contributed by atoms with E-state index in [1.54, 1.807) is 12.1 Å². The topological polar surface area (TPSA) is 81.4 Å². The molecule has 0 bridgehead atoms. The molecule has 0 atom stereocenters. The van der Waals surface area contributed by atoms with E-state index in [4.69, 9.17) is 0 Å². The van der Waals surface area contributed by atoms with Crippen LogP contribution in [0, 0.1) is 33.6 Å². The van der Waals surface area contributed by atoms with Crippen LogP contribution in [0.1, 0.15) is 22.3 Å². The first-order valence-corrected chi connectivity index (χ1v) is 8.70. The molecule has 6 heteroatoms. The summed E-state index contributed by atoms with van der Waals surface area (Å²) in [4.78, 5) is 25.4. The molecule has 0 heterocycles. The quantitative estimate of drug-likeness (QED) is 0.249. The SMILES string of the molecule is Cc1ccc(NC(=O)C(C=[N+](C)O)C(=O)Nc2ccc(C)cc2C)c(C)c1. The van der Waals surface area contributed by atoms with Crippen LogP contribution >= 0.6 is 0 Å². The molecular formula is C21H26N3O3+. The van der Waals surface area contributed by atoms with Crippen molar-refractivity contribution in [1.82, 2.24) is 0 Å². The normalized spacial score (nSPS) is 11.4. The Morgan fingerprint density at radius 2 is 1.30 bits per heavy atom. The van der Waals surface area contributed by atoms with Crippen LogP contribution in [0.2, 0.25) is 0 Å². The van der Waals surface area contributed by atoms with E-state index in [1.165, 1.54) is 7.05 Å². The highest BCUT2D eigenvalue weighted by atomic mass is 16.5. The number of benzene rings is 2. The second kappa shape index (κ2) is 8.49. The van der Waals surface area contributed by atoms with Gasteiger partial charge in [0.15, 0.2) is 13.0 Å². The van der Waals surface area contributed by atoms with Crippen LogP contribution in [-0.2, 0) is 9.59 Å². The van der Waals surface area contributed by atoms with Crippen LogP contribution in [0.3, 0.4) is 0 Å².